The molecule has 0 radical (unpaired) electrons. The Balaban J connectivity index is 2.30. The van der Waals surface area contributed by atoms with Crippen molar-refractivity contribution in [2.45, 2.75) is 19.8 Å². The molecule has 2 aromatic rings. The van der Waals surface area contributed by atoms with Crippen LogP contribution >= 0.6 is 0 Å². The Bertz CT molecular complexity index is 705. The van der Waals surface area contributed by atoms with Crippen molar-refractivity contribution in [3.8, 4) is 0 Å². The number of benzene rings is 1. The van der Waals surface area contributed by atoms with E-state index in [2.05, 4.69) is 22.2 Å². The molecule has 2 rings (SSSR count). The number of hydrogen-bond donors (Lipinski definition) is 2. The zero-order valence-electron chi connectivity index (χ0n) is 14.2. The van der Waals surface area contributed by atoms with Crippen molar-refractivity contribution in [2.24, 2.45) is 0 Å². The van der Waals surface area contributed by atoms with Crippen molar-refractivity contribution < 1.29 is 9.53 Å². The predicted octanol–water partition coefficient (Wildman–Crippen LogP) is 2.83. The minimum atomic E-state index is -0.425. The lowest BCUT2D eigenvalue weighted by molar-refractivity contribution is 0.0602. The molecule has 128 valence electrons. The standard InChI is InChI=1S/C17H23N5O2/c1-4-5-10-22(2)16-14(18)15(19-11-20-16)21-13-9-7-6-8-12(13)17(23)24-3/h6-9,11H,4-5,10,18H2,1-3H3,(H,19,20,21). The van der Waals surface area contributed by atoms with Crippen LogP contribution in [0.2, 0.25) is 0 Å². The van der Waals surface area contributed by atoms with Gasteiger partial charge in [0.15, 0.2) is 11.6 Å². The van der Waals surface area contributed by atoms with Crippen molar-refractivity contribution >= 4 is 29.0 Å². The number of methoxy groups -OCH3 is 1. The predicted molar refractivity (Wildman–Crippen MR) is 95.7 cm³/mol. The van der Waals surface area contributed by atoms with Gasteiger partial charge in [-0.3, -0.25) is 0 Å². The van der Waals surface area contributed by atoms with Crippen LogP contribution < -0.4 is 16.0 Å². The Hall–Kier alpha value is -2.83. The molecule has 0 aliphatic carbocycles. The maximum Gasteiger partial charge on any atom is 0.339 e. The Kier molecular flexibility index (Phi) is 5.95. The number of esters is 1. The highest BCUT2D eigenvalue weighted by molar-refractivity contribution is 5.97. The van der Waals surface area contributed by atoms with Crippen LogP contribution in [0, 0.1) is 0 Å². The number of hydrogen-bond acceptors (Lipinski definition) is 7. The van der Waals surface area contributed by atoms with Crippen LogP contribution in [0.5, 0.6) is 0 Å². The van der Waals surface area contributed by atoms with Crippen molar-refractivity contribution in [2.75, 3.05) is 36.7 Å². The maximum atomic E-state index is 11.9. The summed E-state index contributed by atoms with van der Waals surface area (Å²) in [6.45, 7) is 2.99. The van der Waals surface area contributed by atoms with Gasteiger partial charge in [-0.05, 0) is 18.6 Å². The summed E-state index contributed by atoms with van der Waals surface area (Å²) in [5.41, 5.74) is 7.65. The largest absolute Gasteiger partial charge is 0.465 e. The topological polar surface area (TPSA) is 93.4 Å². The molecular weight excluding hydrogens is 306 g/mol. The highest BCUT2D eigenvalue weighted by Crippen LogP contribution is 2.29. The monoisotopic (exact) mass is 329 g/mol. The van der Waals surface area contributed by atoms with Gasteiger partial charge in [-0.25, -0.2) is 14.8 Å². The normalized spacial score (nSPS) is 10.3. The van der Waals surface area contributed by atoms with E-state index in [1.54, 1.807) is 18.2 Å². The van der Waals surface area contributed by atoms with Crippen LogP contribution in [-0.2, 0) is 4.74 Å². The van der Waals surface area contributed by atoms with Gasteiger partial charge in [-0.2, -0.15) is 0 Å². The number of carbonyl (C=O) groups excluding carboxylic acids is 1. The number of nitrogens with two attached hydrogens (primary N) is 1. The molecule has 24 heavy (non-hydrogen) atoms. The summed E-state index contributed by atoms with van der Waals surface area (Å²) in [4.78, 5) is 22.3. The summed E-state index contributed by atoms with van der Waals surface area (Å²) >= 11 is 0. The van der Waals surface area contributed by atoms with Gasteiger partial charge in [0.05, 0.1) is 18.4 Å². The number of nitrogen functional groups attached to an aromatic ring is 1. The number of anilines is 4. The van der Waals surface area contributed by atoms with Crippen LogP contribution in [0.3, 0.4) is 0 Å². The molecule has 0 aliphatic rings. The van der Waals surface area contributed by atoms with Gasteiger partial charge in [0.2, 0.25) is 0 Å². The number of aromatic nitrogens is 2. The summed E-state index contributed by atoms with van der Waals surface area (Å²) in [6, 6.07) is 7.04. The Labute approximate surface area is 141 Å². The number of carbonyl (C=O) groups is 1. The lowest BCUT2D eigenvalue weighted by Gasteiger charge is -2.21. The first-order chi connectivity index (χ1) is 11.6. The molecule has 0 bridgehead atoms. The first kappa shape index (κ1) is 17.5. The van der Waals surface area contributed by atoms with Gasteiger partial charge in [0, 0.05) is 13.6 Å². The zero-order chi connectivity index (χ0) is 17.5. The fourth-order valence-corrected chi connectivity index (χ4v) is 2.30. The molecule has 0 amide bonds. The summed E-state index contributed by atoms with van der Waals surface area (Å²) < 4.78 is 4.80. The van der Waals surface area contributed by atoms with Gasteiger partial charge in [0.1, 0.15) is 12.0 Å². The summed E-state index contributed by atoms with van der Waals surface area (Å²) in [6.07, 6.45) is 3.60. The number of nitrogens with zero attached hydrogens (tertiary/aromatic N) is 3. The van der Waals surface area contributed by atoms with E-state index in [1.807, 2.05) is 18.0 Å². The molecule has 1 aromatic heterocycles. The SMILES string of the molecule is CCCCN(C)c1ncnc(Nc2ccccc2C(=O)OC)c1N. The molecule has 0 fully saturated rings. The van der Waals surface area contributed by atoms with E-state index in [-0.39, 0.29) is 0 Å². The Morgan fingerprint density at radius 1 is 1.33 bits per heavy atom. The average molecular weight is 329 g/mol. The van der Waals surface area contributed by atoms with E-state index in [4.69, 9.17) is 10.5 Å². The molecule has 0 atom stereocenters. The average Bonchev–Trinajstić information content (AvgIpc) is 2.61. The third-order valence-corrected chi connectivity index (χ3v) is 3.66. The minimum Gasteiger partial charge on any atom is -0.465 e. The quantitative estimate of drug-likeness (QED) is 0.754. The van der Waals surface area contributed by atoms with Crippen LogP contribution in [0.1, 0.15) is 30.1 Å². The van der Waals surface area contributed by atoms with Gasteiger partial charge in [-0.1, -0.05) is 25.5 Å². The third-order valence-electron chi connectivity index (χ3n) is 3.66. The lowest BCUT2D eigenvalue weighted by atomic mass is 10.2. The van der Waals surface area contributed by atoms with Gasteiger partial charge in [0.25, 0.3) is 0 Å². The number of unbranched alkanes of at least 4 members (excludes halogenated alkanes) is 1. The summed E-state index contributed by atoms with van der Waals surface area (Å²) in [7, 11) is 3.29. The van der Waals surface area contributed by atoms with Crippen LogP contribution in [0.4, 0.5) is 23.0 Å². The molecule has 7 nitrogen and oxygen atoms in total. The van der Waals surface area contributed by atoms with Crippen LogP contribution in [0.15, 0.2) is 30.6 Å². The van der Waals surface area contributed by atoms with Crippen molar-refractivity contribution in [1.82, 2.24) is 9.97 Å². The van der Waals surface area contributed by atoms with Crippen molar-refractivity contribution in [3.05, 3.63) is 36.2 Å². The number of rotatable bonds is 7. The molecule has 0 spiro atoms. The summed E-state index contributed by atoms with van der Waals surface area (Å²) in [5, 5.41) is 3.10. The molecule has 1 aromatic carbocycles. The van der Waals surface area contributed by atoms with E-state index in [0.29, 0.717) is 28.6 Å². The molecule has 1 heterocycles. The third kappa shape index (κ3) is 3.92. The van der Waals surface area contributed by atoms with Crippen molar-refractivity contribution in [1.29, 1.82) is 0 Å². The molecular formula is C17H23N5O2. The molecule has 0 unspecified atom stereocenters. The van der Waals surface area contributed by atoms with Crippen molar-refractivity contribution in [3.63, 3.8) is 0 Å². The van der Waals surface area contributed by atoms with Gasteiger partial charge >= 0.3 is 5.97 Å². The Morgan fingerprint density at radius 2 is 2.08 bits per heavy atom. The first-order valence-electron chi connectivity index (χ1n) is 7.84. The zero-order valence-corrected chi connectivity index (χ0v) is 14.2. The number of para-hydroxylation sites is 1. The second kappa shape index (κ2) is 8.14. The molecule has 3 N–H and O–H groups in total. The first-order valence-corrected chi connectivity index (χ1v) is 7.84. The highest BCUT2D eigenvalue weighted by Gasteiger charge is 2.15. The second-order valence-corrected chi connectivity index (χ2v) is 5.40. The highest BCUT2D eigenvalue weighted by atomic mass is 16.5. The lowest BCUT2D eigenvalue weighted by Crippen LogP contribution is -2.21. The maximum absolute atomic E-state index is 11.9. The smallest absolute Gasteiger partial charge is 0.339 e. The molecule has 0 saturated heterocycles. The van der Waals surface area contributed by atoms with Crippen LogP contribution in [-0.4, -0.2) is 36.6 Å². The Morgan fingerprint density at radius 3 is 2.79 bits per heavy atom. The van der Waals surface area contributed by atoms with Gasteiger partial charge in [-0.15, -0.1) is 0 Å². The van der Waals surface area contributed by atoms with E-state index in [0.717, 1.165) is 19.4 Å². The van der Waals surface area contributed by atoms with E-state index < -0.39 is 5.97 Å². The van der Waals surface area contributed by atoms with Crippen LogP contribution in [0.25, 0.3) is 0 Å². The van der Waals surface area contributed by atoms with E-state index >= 15 is 0 Å². The molecule has 7 heteroatoms. The second-order valence-electron chi connectivity index (χ2n) is 5.40. The molecule has 0 aliphatic heterocycles. The summed E-state index contributed by atoms with van der Waals surface area (Å²) in [5.74, 6) is 0.696. The fraction of sp³-hybridized carbons (Fsp3) is 0.353. The molecule has 0 saturated carbocycles. The van der Waals surface area contributed by atoms with Gasteiger partial charge < -0.3 is 20.7 Å². The van der Waals surface area contributed by atoms with E-state index in [1.165, 1.54) is 13.4 Å². The fourth-order valence-electron chi connectivity index (χ4n) is 2.30. The number of nitrogens with one attached hydrogen (secondary N) is 1. The number of ether oxygens (including phenoxy) is 1. The van der Waals surface area contributed by atoms with E-state index in [9.17, 15) is 4.79 Å². The minimum absolute atomic E-state index is 0.416.